The number of pyridine rings is 1. The summed E-state index contributed by atoms with van der Waals surface area (Å²) in [6, 6.07) is 11.4. The highest BCUT2D eigenvalue weighted by Gasteiger charge is 2.31. The van der Waals surface area contributed by atoms with Crippen molar-refractivity contribution >= 4 is 36.4 Å². The van der Waals surface area contributed by atoms with E-state index < -0.39 is 24.2 Å². The van der Waals surface area contributed by atoms with Gasteiger partial charge < -0.3 is 15.8 Å². The summed E-state index contributed by atoms with van der Waals surface area (Å²) in [5.41, 5.74) is 5.73. The summed E-state index contributed by atoms with van der Waals surface area (Å²) >= 11 is 0. The van der Waals surface area contributed by atoms with Crippen molar-refractivity contribution in [2.45, 2.75) is 18.6 Å². The molecule has 10 heteroatoms. The molecule has 0 saturated carbocycles. The van der Waals surface area contributed by atoms with Crippen LogP contribution in [0.25, 0.3) is 0 Å². The van der Waals surface area contributed by atoms with E-state index in [1.165, 1.54) is 18.3 Å². The first-order valence-electron chi connectivity index (χ1n) is 7.00. The highest BCUT2D eigenvalue weighted by Crippen LogP contribution is 2.21. The van der Waals surface area contributed by atoms with Crippen molar-refractivity contribution < 1.29 is 22.7 Å². The van der Waals surface area contributed by atoms with E-state index in [1.807, 2.05) is 0 Å². The van der Waals surface area contributed by atoms with Crippen LogP contribution in [0.2, 0.25) is 0 Å². The molecule has 2 rings (SSSR count). The lowest BCUT2D eigenvalue weighted by molar-refractivity contribution is -0.154. The van der Waals surface area contributed by atoms with E-state index in [-0.39, 0.29) is 30.7 Å². The molecular weight excluding hydrogens is 394 g/mol. The van der Waals surface area contributed by atoms with Crippen molar-refractivity contribution in [3.8, 4) is 5.88 Å². The largest absolute Gasteiger partial charge is 0.468 e. The van der Waals surface area contributed by atoms with Crippen LogP contribution in [0.4, 0.5) is 18.9 Å². The topological polar surface area (TPSA) is 77.2 Å². The molecule has 1 heterocycles. The van der Waals surface area contributed by atoms with Gasteiger partial charge >= 0.3 is 6.18 Å². The molecule has 1 aromatic heterocycles. The Bertz CT molecular complexity index is 696. The Kier molecular flexibility index (Phi) is 8.86. The Morgan fingerprint density at radius 3 is 2.27 bits per heavy atom. The van der Waals surface area contributed by atoms with Gasteiger partial charge in [0.05, 0.1) is 11.9 Å². The Morgan fingerprint density at radius 1 is 1.15 bits per heavy atom. The maximum absolute atomic E-state index is 12.3. The van der Waals surface area contributed by atoms with Gasteiger partial charge in [-0.05, 0) is 18.6 Å². The molecule has 1 amide bonds. The highest BCUT2D eigenvalue weighted by atomic mass is 35.5. The number of carbonyl (C=O) groups is 1. The highest BCUT2D eigenvalue weighted by molar-refractivity contribution is 5.98. The first-order valence-corrected chi connectivity index (χ1v) is 7.00. The molecule has 1 unspecified atom stereocenters. The number of benzene rings is 1. The number of alkyl halides is 3. The number of carbonyl (C=O) groups excluding carboxylic acids is 1. The van der Waals surface area contributed by atoms with Gasteiger partial charge in [-0.1, -0.05) is 30.3 Å². The number of hydrogen-bond donors (Lipinski definition) is 2. The average molecular weight is 412 g/mol. The Morgan fingerprint density at radius 2 is 1.77 bits per heavy atom. The second-order valence-corrected chi connectivity index (χ2v) is 5.31. The van der Waals surface area contributed by atoms with Crippen LogP contribution in [0, 0.1) is 0 Å². The second kappa shape index (κ2) is 9.61. The fraction of sp³-hybridized carbons (Fsp3) is 0.250. The average Bonchev–Trinajstić information content (AvgIpc) is 2.54. The van der Waals surface area contributed by atoms with Crippen LogP contribution in [0.5, 0.6) is 5.88 Å². The van der Waals surface area contributed by atoms with Crippen LogP contribution in [-0.2, 0) is 10.3 Å². The molecule has 0 radical (unpaired) electrons. The molecule has 0 bridgehead atoms. The maximum atomic E-state index is 12.3. The molecule has 144 valence electrons. The lowest BCUT2D eigenvalue weighted by Crippen LogP contribution is -2.45. The first-order chi connectivity index (χ1) is 11.2. The minimum atomic E-state index is -4.44. The van der Waals surface area contributed by atoms with Crippen molar-refractivity contribution in [3.63, 3.8) is 0 Å². The number of nitrogens with one attached hydrogen (secondary N) is 1. The van der Waals surface area contributed by atoms with Gasteiger partial charge in [-0.3, -0.25) is 4.79 Å². The Labute approximate surface area is 161 Å². The smallest absolute Gasteiger partial charge is 0.422 e. The zero-order chi connectivity index (χ0) is 17.8. The molecule has 0 saturated heterocycles. The van der Waals surface area contributed by atoms with E-state index in [0.717, 1.165) is 0 Å². The number of rotatable bonds is 5. The molecule has 0 aliphatic heterocycles. The summed E-state index contributed by atoms with van der Waals surface area (Å²) in [6.07, 6.45) is -3.24. The van der Waals surface area contributed by atoms with Crippen molar-refractivity contribution in [1.82, 2.24) is 4.98 Å². The lowest BCUT2D eigenvalue weighted by atomic mass is 9.92. The molecule has 0 aliphatic rings. The Hall–Kier alpha value is -2.03. The van der Waals surface area contributed by atoms with Crippen molar-refractivity contribution in [1.29, 1.82) is 0 Å². The molecule has 1 atom stereocenters. The number of hydrogen-bond acceptors (Lipinski definition) is 4. The molecule has 0 fully saturated rings. The summed E-state index contributed by atoms with van der Waals surface area (Å²) in [5, 5.41) is 2.58. The molecule has 0 spiro atoms. The summed E-state index contributed by atoms with van der Waals surface area (Å²) in [7, 11) is 0. The fourth-order valence-corrected chi connectivity index (χ4v) is 1.87. The van der Waals surface area contributed by atoms with E-state index >= 15 is 0 Å². The monoisotopic (exact) mass is 411 g/mol. The van der Waals surface area contributed by atoms with E-state index in [1.54, 1.807) is 37.3 Å². The van der Waals surface area contributed by atoms with Crippen LogP contribution in [0.15, 0.2) is 48.7 Å². The van der Waals surface area contributed by atoms with Gasteiger partial charge in [0.1, 0.15) is 5.54 Å². The zero-order valence-electron chi connectivity index (χ0n) is 13.6. The fourth-order valence-electron chi connectivity index (χ4n) is 1.87. The summed E-state index contributed by atoms with van der Waals surface area (Å²) < 4.78 is 40.7. The third-order valence-corrected chi connectivity index (χ3v) is 3.22. The van der Waals surface area contributed by atoms with E-state index in [2.05, 4.69) is 15.0 Å². The quantitative estimate of drug-likeness (QED) is 0.786. The third kappa shape index (κ3) is 6.70. The van der Waals surface area contributed by atoms with E-state index in [9.17, 15) is 18.0 Å². The number of anilines is 1. The lowest BCUT2D eigenvalue weighted by Gasteiger charge is -2.24. The standard InChI is InChI=1S/C16H16F3N3O2.2ClH/c1-15(20,11-5-3-2-4-6-11)14(23)22-12-7-8-13(21-9-12)24-10-16(17,18)19;;/h2-9H,10,20H2,1H3,(H,22,23);2*1H. The van der Waals surface area contributed by atoms with Gasteiger partial charge in [-0.25, -0.2) is 4.98 Å². The molecule has 1 aromatic carbocycles. The second-order valence-electron chi connectivity index (χ2n) is 5.31. The normalized spacial score (nSPS) is 12.8. The summed E-state index contributed by atoms with van der Waals surface area (Å²) in [4.78, 5) is 16.0. The van der Waals surface area contributed by atoms with E-state index in [0.29, 0.717) is 11.3 Å². The van der Waals surface area contributed by atoms with Gasteiger partial charge in [0.15, 0.2) is 6.61 Å². The van der Waals surface area contributed by atoms with E-state index in [4.69, 9.17) is 5.73 Å². The predicted octanol–water partition coefficient (Wildman–Crippen LogP) is 3.68. The number of halogens is 5. The minimum absolute atomic E-state index is 0. The van der Waals surface area contributed by atoms with Gasteiger partial charge in [0.25, 0.3) is 0 Å². The maximum Gasteiger partial charge on any atom is 0.422 e. The van der Waals surface area contributed by atoms with Crippen molar-refractivity contribution in [3.05, 3.63) is 54.2 Å². The summed E-state index contributed by atoms with van der Waals surface area (Å²) in [5.74, 6) is -0.664. The number of amides is 1. The SMILES string of the molecule is CC(N)(C(=O)Nc1ccc(OCC(F)(F)F)nc1)c1ccccc1.Cl.Cl. The van der Waals surface area contributed by atoms with Crippen LogP contribution < -0.4 is 15.8 Å². The van der Waals surface area contributed by atoms with Crippen molar-refractivity contribution in [2.75, 3.05) is 11.9 Å². The number of nitrogens with two attached hydrogens (primary N) is 1. The van der Waals surface area contributed by atoms with Gasteiger partial charge in [0.2, 0.25) is 11.8 Å². The van der Waals surface area contributed by atoms with Gasteiger partial charge in [-0.2, -0.15) is 13.2 Å². The van der Waals surface area contributed by atoms with Gasteiger partial charge in [-0.15, -0.1) is 24.8 Å². The van der Waals surface area contributed by atoms with Gasteiger partial charge in [0, 0.05) is 6.07 Å². The summed E-state index contributed by atoms with van der Waals surface area (Å²) in [6.45, 7) is 0.131. The Balaban J connectivity index is 0.00000312. The van der Waals surface area contributed by atoms with Crippen LogP contribution in [0.1, 0.15) is 12.5 Å². The number of aromatic nitrogens is 1. The molecular formula is C16H18Cl2F3N3O2. The molecule has 2 aromatic rings. The molecule has 5 nitrogen and oxygen atoms in total. The van der Waals surface area contributed by atoms with Crippen LogP contribution >= 0.6 is 24.8 Å². The predicted molar refractivity (Wildman–Crippen MR) is 96.9 cm³/mol. The van der Waals surface area contributed by atoms with Crippen molar-refractivity contribution in [2.24, 2.45) is 5.73 Å². The first kappa shape index (κ1) is 24.0. The van der Waals surface area contributed by atoms with Crippen LogP contribution in [0.3, 0.4) is 0 Å². The third-order valence-electron chi connectivity index (χ3n) is 3.22. The number of ether oxygens (including phenoxy) is 1. The zero-order valence-corrected chi connectivity index (χ0v) is 15.3. The number of nitrogens with zero attached hydrogens (tertiary/aromatic N) is 1. The molecule has 26 heavy (non-hydrogen) atoms. The van der Waals surface area contributed by atoms with Crippen LogP contribution in [-0.4, -0.2) is 23.7 Å². The molecule has 3 N–H and O–H groups in total. The minimum Gasteiger partial charge on any atom is -0.468 e. The molecule has 0 aliphatic carbocycles.